The van der Waals surface area contributed by atoms with E-state index in [9.17, 15) is 4.79 Å². The first kappa shape index (κ1) is 10.7. The number of carbonyl (C=O) groups is 1. The fourth-order valence-corrected chi connectivity index (χ4v) is 1.09. The number of nitrogens with two attached hydrogens (primary N) is 2. The normalized spacial score (nSPS) is 11.4. The Morgan fingerprint density at radius 2 is 2.36 bits per heavy atom. The van der Waals surface area contributed by atoms with Crippen LogP contribution < -0.4 is 11.1 Å². The molecule has 14 heavy (non-hydrogen) atoms. The molecule has 0 unspecified atom stereocenters. The van der Waals surface area contributed by atoms with E-state index >= 15 is 0 Å². The molecule has 0 aliphatic heterocycles. The summed E-state index contributed by atoms with van der Waals surface area (Å²) in [6.07, 6.45) is 1.34. The highest BCUT2D eigenvalue weighted by atomic mass is 35.5. The number of nitrogens with zero attached hydrogens (tertiary/aromatic N) is 1. The minimum absolute atomic E-state index is 0.195. The molecule has 0 aliphatic carbocycles. The van der Waals surface area contributed by atoms with Gasteiger partial charge in [0.15, 0.2) is 0 Å². The summed E-state index contributed by atoms with van der Waals surface area (Å²) in [5, 5.41) is 1.74. The van der Waals surface area contributed by atoms with E-state index in [2.05, 4.69) is 4.98 Å². The van der Waals surface area contributed by atoms with Gasteiger partial charge in [-0.05, 0) is 13.0 Å². The number of carbonyl (C=O) groups excluding carboxylic acids is 1. The van der Waals surface area contributed by atoms with Crippen LogP contribution in [0.25, 0.3) is 0 Å². The highest BCUT2D eigenvalue weighted by molar-refractivity contribution is 6.29. The van der Waals surface area contributed by atoms with Crippen molar-refractivity contribution in [2.75, 3.05) is 0 Å². The van der Waals surface area contributed by atoms with Crippen molar-refractivity contribution < 1.29 is 10.1 Å². The van der Waals surface area contributed by atoms with Gasteiger partial charge in [-0.15, -0.1) is 0 Å². The van der Waals surface area contributed by atoms with Crippen LogP contribution in [0.4, 0.5) is 5.82 Å². The largest absolute Gasteiger partial charge is 0.402 e. The van der Waals surface area contributed by atoms with E-state index in [0.29, 0.717) is 16.7 Å². The van der Waals surface area contributed by atoms with Gasteiger partial charge < -0.3 is 5.73 Å². The molecule has 0 saturated carbocycles. The van der Waals surface area contributed by atoms with Crippen LogP contribution in [0.3, 0.4) is 0 Å². The van der Waals surface area contributed by atoms with Crippen LogP contribution in [-0.2, 0) is 4.79 Å². The summed E-state index contributed by atoms with van der Waals surface area (Å²) in [6, 6.07) is 5.07. The van der Waals surface area contributed by atoms with Gasteiger partial charge in [0.2, 0.25) is 5.82 Å². The molecule has 0 bridgehead atoms. The lowest BCUT2D eigenvalue weighted by Crippen LogP contribution is -2.82. The van der Waals surface area contributed by atoms with Gasteiger partial charge in [0.05, 0.1) is 6.08 Å². The number of halogens is 1. The van der Waals surface area contributed by atoms with Crippen molar-refractivity contribution in [2.24, 2.45) is 5.73 Å². The Hall–Kier alpha value is -1.39. The maximum absolute atomic E-state index is 11.2. The predicted molar refractivity (Wildman–Crippen MR) is 53.8 cm³/mol. The number of rotatable bonds is 2. The molecule has 0 atom stereocenters. The van der Waals surface area contributed by atoms with E-state index in [4.69, 9.17) is 17.3 Å². The number of hydrogen-bond donors (Lipinski definition) is 2. The number of pyridine rings is 1. The van der Waals surface area contributed by atoms with Crippen molar-refractivity contribution in [3.8, 4) is 0 Å². The fraction of sp³-hybridized carbons (Fsp3) is 0.111. The lowest BCUT2D eigenvalue weighted by molar-refractivity contribution is -0.482. The first-order chi connectivity index (χ1) is 6.58. The molecule has 1 aromatic rings. The minimum Gasteiger partial charge on any atom is -0.402 e. The Morgan fingerprint density at radius 1 is 1.64 bits per heavy atom. The summed E-state index contributed by atoms with van der Waals surface area (Å²) in [7, 11) is 0. The maximum atomic E-state index is 11.2. The molecule has 74 valence electrons. The number of primary amides is 1. The van der Waals surface area contributed by atoms with Gasteiger partial charge in [0.1, 0.15) is 5.15 Å². The molecular weight excluding hydrogens is 202 g/mol. The number of amides is 1. The van der Waals surface area contributed by atoms with E-state index in [1.807, 2.05) is 0 Å². The fourth-order valence-electron chi connectivity index (χ4n) is 0.916. The van der Waals surface area contributed by atoms with Gasteiger partial charge in [0.25, 0.3) is 0 Å². The van der Waals surface area contributed by atoms with E-state index < -0.39 is 0 Å². The summed E-state index contributed by atoms with van der Waals surface area (Å²) in [5.74, 6) is 0.333. The van der Waals surface area contributed by atoms with Gasteiger partial charge in [-0.25, -0.2) is 10.1 Å². The zero-order chi connectivity index (χ0) is 10.6. The SMILES string of the molecule is C/C(N)=C/C(=O)[NH2+]c1cccc(Cl)n1. The number of allylic oxidation sites excluding steroid dienone is 1. The van der Waals surface area contributed by atoms with Gasteiger partial charge in [-0.2, -0.15) is 4.98 Å². The molecule has 1 aromatic heterocycles. The Balaban J connectivity index is 2.70. The van der Waals surface area contributed by atoms with Gasteiger partial charge in [0, 0.05) is 11.8 Å². The smallest absolute Gasteiger partial charge is 0.343 e. The third-order valence-electron chi connectivity index (χ3n) is 1.40. The van der Waals surface area contributed by atoms with E-state index in [-0.39, 0.29) is 5.91 Å². The van der Waals surface area contributed by atoms with Crippen LogP contribution in [0.5, 0.6) is 0 Å². The van der Waals surface area contributed by atoms with Crippen LogP contribution in [-0.4, -0.2) is 10.9 Å². The van der Waals surface area contributed by atoms with E-state index in [0.717, 1.165) is 0 Å². The Kier molecular flexibility index (Phi) is 3.62. The molecule has 0 spiro atoms. The zero-order valence-corrected chi connectivity index (χ0v) is 8.45. The summed E-state index contributed by atoms with van der Waals surface area (Å²) in [6.45, 7) is 1.65. The zero-order valence-electron chi connectivity index (χ0n) is 7.70. The first-order valence-corrected chi connectivity index (χ1v) is 4.41. The van der Waals surface area contributed by atoms with Crippen LogP contribution in [0.1, 0.15) is 6.92 Å². The molecule has 1 heterocycles. The second kappa shape index (κ2) is 4.74. The summed E-state index contributed by atoms with van der Waals surface area (Å²) in [4.78, 5) is 15.2. The quantitative estimate of drug-likeness (QED) is 0.548. The van der Waals surface area contributed by atoms with Crippen LogP contribution in [0, 0.1) is 0 Å². The van der Waals surface area contributed by atoms with Crippen LogP contribution >= 0.6 is 11.6 Å². The molecule has 0 radical (unpaired) electrons. The van der Waals surface area contributed by atoms with Crippen molar-refractivity contribution in [1.29, 1.82) is 0 Å². The van der Waals surface area contributed by atoms with Crippen LogP contribution in [0.2, 0.25) is 5.15 Å². The molecular formula is C9H11ClN3O+. The van der Waals surface area contributed by atoms with Crippen molar-refractivity contribution in [3.05, 3.63) is 35.1 Å². The molecule has 4 nitrogen and oxygen atoms in total. The molecule has 1 amide bonds. The third-order valence-corrected chi connectivity index (χ3v) is 1.61. The maximum Gasteiger partial charge on any atom is 0.343 e. The monoisotopic (exact) mass is 212 g/mol. The highest BCUT2D eigenvalue weighted by Crippen LogP contribution is 2.04. The molecule has 4 N–H and O–H groups in total. The topological polar surface area (TPSA) is 72.6 Å². The second-order valence-corrected chi connectivity index (χ2v) is 3.21. The standard InChI is InChI=1S/C9H10ClN3O/c1-6(11)5-9(14)13-8-4-2-3-7(10)12-8/h2-5H,11H2,1H3,(H,12,13,14)/p+1/b6-5-. The third kappa shape index (κ3) is 3.55. The molecule has 1 rings (SSSR count). The van der Waals surface area contributed by atoms with Crippen molar-refractivity contribution in [1.82, 2.24) is 4.98 Å². The molecule has 0 saturated heterocycles. The van der Waals surface area contributed by atoms with E-state index in [1.54, 1.807) is 25.1 Å². The van der Waals surface area contributed by atoms with Gasteiger partial charge >= 0.3 is 5.91 Å². The summed E-state index contributed by atoms with van der Waals surface area (Å²) < 4.78 is 0. The summed E-state index contributed by atoms with van der Waals surface area (Å²) >= 11 is 5.65. The molecule has 5 heteroatoms. The van der Waals surface area contributed by atoms with Crippen LogP contribution in [0.15, 0.2) is 30.0 Å². The summed E-state index contributed by atoms with van der Waals surface area (Å²) in [5.41, 5.74) is 5.82. The Morgan fingerprint density at radius 3 is 2.93 bits per heavy atom. The lowest BCUT2D eigenvalue weighted by atomic mass is 10.4. The molecule has 0 aliphatic rings. The Labute approximate surface area is 86.8 Å². The Bertz CT molecular complexity index is 372. The van der Waals surface area contributed by atoms with E-state index in [1.165, 1.54) is 11.4 Å². The average Bonchev–Trinajstić information content (AvgIpc) is 2.01. The highest BCUT2D eigenvalue weighted by Gasteiger charge is 2.05. The predicted octanol–water partition coefficient (Wildman–Crippen LogP) is 0.319. The molecule has 0 aromatic carbocycles. The van der Waals surface area contributed by atoms with Crippen molar-refractivity contribution in [3.63, 3.8) is 0 Å². The van der Waals surface area contributed by atoms with Crippen molar-refractivity contribution in [2.45, 2.75) is 6.92 Å². The van der Waals surface area contributed by atoms with Gasteiger partial charge in [-0.1, -0.05) is 17.7 Å². The second-order valence-electron chi connectivity index (χ2n) is 2.82. The molecule has 0 fully saturated rings. The number of quaternary nitrogens is 1. The minimum atomic E-state index is -0.195. The lowest BCUT2D eigenvalue weighted by Gasteiger charge is -1.95. The number of aromatic nitrogens is 1. The average molecular weight is 213 g/mol. The van der Waals surface area contributed by atoms with Crippen molar-refractivity contribution >= 4 is 23.3 Å². The number of hydrogen-bond acceptors (Lipinski definition) is 3. The van der Waals surface area contributed by atoms with Gasteiger partial charge in [-0.3, -0.25) is 0 Å². The first-order valence-electron chi connectivity index (χ1n) is 4.03.